The number of aliphatic hydroxyl groups excluding tert-OH is 1. The van der Waals surface area contributed by atoms with Gasteiger partial charge in [0.25, 0.3) is 5.91 Å². The molecule has 166 valence electrons. The normalized spacial score (nSPS) is 21.9. The summed E-state index contributed by atoms with van der Waals surface area (Å²) in [6.07, 6.45) is -2.81. The molecule has 1 saturated heterocycles. The Morgan fingerprint density at radius 1 is 1.07 bits per heavy atom. The summed E-state index contributed by atoms with van der Waals surface area (Å²) in [6.45, 7) is 9.63. The standard InChI is InChI=1S/C18H31N3O8/c1-17(2,3)28-15(26)11(19)12(22)13(23)20-9-7-10(14(24)25)21(8-9)16(27)29-18(4,5)6/h9-12,22H,7-8,19H2,1-6H3,(H,20,23)(H,24,25)/t9?,10-,11?,12?/m1/s1. The molecule has 0 aliphatic carbocycles. The summed E-state index contributed by atoms with van der Waals surface area (Å²) in [6, 6.07) is -3.59. The van der Waals surface area contributed by atoms with Crippen molar-refractivity contribution >= 4 is 23.9 Å². The van der Waals surface area contributed by atoms with Gasteiger partial charge in [0, 0.05) is 19.0 Å². The number of ether oxygens (including phenoxy) is 2. The largest absolute Gasteiger partial charge is 0.480 e. The Morgan fingerprint density at radius 2 is 1.59 bits per heavy atom. The number of rotatable bonds is 5. The van der Waals surface area contributed by atoms with Crippen molar-refractivity contribution in [2.75, 3.05) is 6.54 Å². The SMILES string of the molecule is CC(C)(C)OC(=O)C(N)C(O)C(=O)NC1C[C@H](C(=O)O)N(C(=O)OC(C)(C)C)C1. The average molecular weight is 417 g/mol. The van der Waals surface area contributed by atoms with Crippen molar-refractivity contribution in [1.29, 1.82) is 0 Å². The lowest BCUT2D eigenvalue weighted by Gasteiger charge is -2.27. The lowest BCUT2D eigenvalue weighted by molar-refractivity contribution is -0.161. The molecule has 1 aliphatic rings. The Morgan fingerprint density at radius 3 is 2.03 bits per heavy atom. The van der Waals surface area contributed by atoms with E-state index in [0.717, 1.165) is 4.90 Å². The molecule has 0 spiro atoms. The van der Waals surface area contributed by atoms with Crippen molar-refractivity contribution in [2.45, 2.75) is 83.4 Å². The van der Waals surface area contributed by atoms with Gasteiger partial charge in [0.05, 0.1) is 0 Å². The van der Waals surface area contributed by atoms with E-state index in [1.165, 1.54) is 0 Å². The molecule has 3 unspecified atom stereocenters. The summed E-state index contributed by atoms with van der Waals surface area (Å²) in [5.41, 5.74) is 3.93. The molecule has 0 saturated carbocycles. The molecule has 4 atom stereocenters. The second kappa shape index (κ2) is 8.95. The number of amides is 2. The zero-order valence-corrected chi connectivity index (χ0v) is 17.6. The number of carboxylic acid groups (broad SMARTS) is 1. The molecule has 1 heterocycles. The van der Waals surface area contributed by atoms with Crippen molar-refractivity contribution < 1.29 is 38.9 Å². The molecule has 5 N–H and O–H groups in total. The topological polar surface area (TPSA) is 168 Å². The molecule has 1 fully saturated rings. The Balaban J connectivity index is 2.77. The fraction of sp³-hybridized carbons (Fsp3) is 0.778. The number of hydrogen-bond donors (Lipinski definition) is 4. The van der Waals surface area contributed by atoms with E-state index in [2.05, 4.69) is 5.32 Å². The van der Waals surface area contributed by atoms with Crippen molar-refractivity contribution in [1.82, 2.24) is 10.2 Å². The van der Waals surface area contributed by atoms with Gasteiger partial charge in [0.1, 0.15) is 23.3 Å². The number of nitrogens with one attached hydrogen (secondary N) is 1. The van der Waals surface area contributed by atoms with E-state index in [-0.39, 0.29) is 13.0 Å². The third kappa shape index (κ3) is 7.50. The first-order chi connectivity index (χ1) is 13.0. The number of aliphatic carboxylic acids is 1. The van der Waals surface area contributed by atoms with Crippen molar-refractivity contribution in [2.24, 2.45) is 5.73 Å². The Kier molecular flexibility index (Phi) is 7.61. The van der Waals surface area contributed by atoms with Crippen molar-refractivity contribution in [3.8, 4) is 0 Å². The number of nitrogens with two attached hydrogens (primary N) is 1. The highest BCUT2D eigenvalue weighted by Gasteiger charge is 2.43. The minimum atomic E-state index is -1.90. The predicted molar refractivity (Wildman–Crippen MR) is 101 cm³/mol. The van der Waals surface area contributed by atoms with Crippen LogP contribution in [0.2, 0.25) is 0 Å². The number of carboxylic acids is 1. The molecule has 2 amide bonds. The highest BCUT2D eigenvalue weighted by molar-refractivity contribution is 5.89. The number of nitrogens with zero attached hydrogens (tertiary/aromatic N) is 1. The number of hydrogen-bond acceptors (Lipinski definition) is 8. The van der Waals surface area contributed by atoms with E-state index in [0.29, 0.717) is 0 Å². The molecule has 11 nitrogen and oxygen atoms in total. The summed E-state index contributed by atoms with van der Waals surface area (Å²) >= 11 is 0. The van der Waals surface area contributed by atoms with Gasteiger partial charge in [-0.25, -0.2) is 9.59 Å². The molecule has 0 radical (unpaired) electrons. The Labute approximate surface area is 169 Å². The first-order valence-electron chi connectivity index (χ1n) is 9.21. The zero-order valence-electron chi connectivity index (χ0n) is 17.6. The van der Waals surface area contributed by atoms with Crippen LogP contribution in [0.15, 0.2) is 0 Å². The molecule has 11 heteroatoms. The third-order valence-corrected chi connectivity index (χ3v) is 3.85. The molecule has 0 bridgehead atoms. The minimum absolute atomic E-state index is 0.0886. The van der Waals surface area contributed by atoms with Gasteiger partial charge in [-0.2, -0.15) is 0 Å². The summed E-state index contributed by atoms with van der Waals surface area (Å²) < 4.78 is 10.2. The molecule has 0 aromatic heterocycles. The fourth-order valence-corrected chi connectivity index (χ4v) is 2.65. The second-order valence-electron chi connectivity index (χ2n) is 8.93. The first-order valence-corrected chi connectivity index (χ1v) is 9.21. The summed E-state index contributed by atoms with van der Waals surface area (Å²) in [4.78, 5) is 48.9. The highest BCUT2D eigenvalue weighted by atomic mass is 16.6. The smallest absolute Gasteiger partial charge is 0.411 e. The number of esters is 1. The van der Waals surface area contributed by atoms with Gasteiger partial charge in [-0.1, -0.05) is 0 Å². The summed E-state index contributed by atoms with van der Waals surface area (Å²) in [5, 5.41) is 21.8. The number of carbonyl (C=O) groups is 4. The van der Waals surface area contributed by atoms with Crippen LogP contribution >= 0.6 is 0 Å². The van der Waals surface area contributed by atoms with Gasteiger partial charge < -0.3 is 30.7 Å². The lowest BCUT2D eigenvalue weighted by Crippen LogP contribution is -2.54. The summed E-state index contributed by atoms with van der Waals surface area (Å²) in [7, 11) is 0. The van der Waals surface area contributed by atoms with Crippen LogP contribution in [-0.2, 0) is 23.9 Å². The maximum absolute atomic E-state index is 12.3. The van der Waals surface area contributed by atoms with Crippen LogP contribution in [0.5, 0.6) is 0 Å². The molecule has 1 rings (SSSR count). The van der Waals surface area contributed by atoms with Gasteiger partial charge in [-0.15, -0.1) is 0 Å². The van der Waals surface area contributed by atoms with Gasteiger partial charge in [-0.3, -0.25) is 14.5 Å². The fourth-order valence-electron chi connectivity index (χ4n) is 2.65. The first kappa shape index (κ1) is 24.6. The van der Waals surface area contributed by atoms with Crippen LogP contribution in [0.1, 0.15) is 48.0 Å². The average Bonchev–Trinajstić information content (AvgIpc) is 2.94. The zero-order chi connectivity index (χ0) is 22.7. The van der Waals surface area contributed by atoms with Crippen LogP contribution < -0.4 is 11.1 Å². The van der Waals surface area contributed by atoms with Gasteiger partial charge in [-0.05, 0) is 41.5 Å². The van der Waals surface area contributed by atoms with Crippen molar-refractivity contribution in [3.05, 3.63) is 0 Å². The Bertz CT molecular complexity index is 652. The maximum Gasteiger partial charge on any atom is 0.411 e. The molecule has 0 aromatic rings. The molecule has 1 aliphatic heterocycles. The van der Waals surface area contributed by atoms with E-state index in [4.69, 9.17) is 15.2 Å². The van der Waals surface area contributed by atoms with Gasteiger partial charge in [0.15, 0.2) is 6.10 Å². The molecular weight excluding hydrogens is 386 g/mol. The molecule has 0 aromatic carbocycles. The Hall–Kier alpha value is -2.40. The monoisotopic (exact) mass is 417 g/mol. The summed E-state index contributed by atoms with van der Waals surface area (Å²) in [5.74, 6) is -3.17. The van der Waals surface area contributed by atoms with E-state index in [1.54, 1.807) is 41.5 Å². The van der Waals surface area contributed by atoms with Crippen LogP contribution in [0, 0.1) is 0 Å². The van der Waals surface area contributed by atoms with Crippen molar-refractivity contribution in [3.63, 3.8) is 0 Å². The number of aliphatic hydroxyl groups is 1. The number of carbonyl (C=O) groups excluding carboxylic acids is 3. The maximum atomic E-state index is 12.3. The van der Waals surface area contributed by atoms with E-state index < -0.39 is 59.4 Å². The predicted octanol–water partition coefficient (Wildman–Crippen LogP) is -0.405. The van der Waals surface area contributed by atoms with E-state index in [9.17, 15) is 29.4 Å². The second-order valence-corrected chi connectivity index (χ2v) is 8.93. The van der Waals surface area contributed by atoms with E-state index >= 15 is 0 Å². The third-order valence-electron chi connectivity index (χ3n) is 3.85. The highest BCUT2D eigenvalue weighted by Crippen LogP contribution is 2.22. The van der Waals surface area contributed by atoms with Crippen LogP contribution in [0.3, 0.4) is 0 Å². The lowest BCUT2D eigenvalue weighted by atomic mass is 10.1. The van der Waals surface area contributed by atoms with Gasteiger partial charge in [0.2, 0.25) is 0 Å². The molecular formula is C18H31N3O8. The van der Waals surface area contributed by atoms with Crippen LogP contribution in [-0.4, -0.2) is 81.0 Å². The van der Waals surface area contributed by atoms with Gasteiger partial charge >= 0.3 is 18.0 Å². The quantitative estimate of drug-likeness (QED) is 0.435. The minimum Gasteiger partial charge on any atom is -0.480 e. The number of likely N-dealkylation sites (tertiary alicyclic amines) is 1. The molecule has 29 heavy (non-hydrogen) atoms. The van der Waals surface area contributed by atoms with Crippen LogP contribution in [0.25, 0.3) is 0 Å². The van der Waals surface area contributed by atoms with E-state index in [1.807, 2.05) is 0 Å². The van der Waals surface area contributed by atoms with Crippen LogP contribution in [0.4, 0.5) is 4.79 Å².